The molecule has 0 aliphatic carbocycles. The van der Waals surface area contributed by atoms with E-state index in [1.807, 2.05) is 0 Å². The van der Waals surface area contributed by atoms with Gasteiger partial charge in [-0.1, -0.05) is 0 Å². The fourth-order valence-corrected chi connectivity index (χ4v) is 0.771. The maximum Gasteiger partial charge on any atom is 0.391 e. The molecule has 0 radical (unpaired) electrons. The van der Waals surface area contributed by atoms with Crippen molar-refractivity contribution in [2.75, 3.05) is 13.2 Å². The standard InChI is InChI=1S/C8H15F3O2/c1-7(12)3-2-5-13-6-4-8(9,10)11/h7,12H,2-6H2,1H3. The van der Waals surface area contributed by atoms with Crippen molar-refractivity contribution in [1.82, 2.24) is 0 Å². The maximum atomic E-state index is 11.6. The molecular weight excluding hydrogens is 185 g/mol. The minimum atomic E-state index is -4.13. The zero-order valence-electron chi connectivity index (χ0n) is 7.60. The Bertz CT molecular complexity index is 123. The fourth-order valence-electron chi connectivity index (χ4n) is 0.771. The molecule has 13 heavy (non-hydrogen) atoms. The predicted molar refractivity (Wildman–Crippen MR) is 42.4 cm³/mol. The lowest BCUT2D eigenvalue weighted by Crippen LogP contribution is -2.12. The van der Waals surface area contributed by atoms with Crippen molar-refractivity contribution < 1.29 is 23.0 Å². The van der Waals surface area contributed by atoms with Gasteiger partial charge in [0.05, 0.1) is 19.1 Å². The van der Waals surface area contributed by atoms with Gasteiger partial charge in [0.2, 0.25) is 0 Å². The minimum Gasteiger partial charge on any atom is -0.393 e. The van der Waals surface area contributed by atoms with E-state index in [2.05, 4.69) is 0 Å². The molecule has 0 heterocycles. The van der Waals surface area contributed by atoms with Crippen molar-refractivity contribution in [2.45, 2.75) is 38.5 Å². The second-order valence-electron chi connectivity index (χ2n) is 2.97. The van der Waals surface area contributed by atoms with Crippen LogP contribution in [0.1, 0.15) is 26.2 Å². The first kappa shape index (κ1) is 12.7. The Morgan fingerprint density at radius 2 is 1.92 bits per heavy atom. The van der Waals surface area contributed by atoms with E-state index in [1.165, 1.54) is 0 Å². The average Bonchev–Trinajstić information content (AvgIpc) is 1.93. The number of halogens is 3. The first-order valence-corrected chi connectivity index (χ1v) is 4.24. The van der Waals surface area contributed by atoms with Crippen molar-refractivity contribution in [3.8, 4) is 0 Å². The average molecular weight is 200 g/mol. The Morgan fingerprint density at radius 1 is 1.31 bits per heavy atom. The highest BCUT2D eigenvalue weighted by molar-refractivity contribution is 4.49. The summed E-state index contributed by atoms with van der Waals surface area (Å²) in [6, 6.07) is 0. The SMILES string of the molecule is CC(O)CCCOCCC(F)(F)F. The third-order valence-electron chi connectivity index (χ3n) is 1.44. The Kier molecular flexibility index (Phi) is 6.07. The third-order valence-corrected chi connectivity index (χ3v) is 1.44. The van der Waals surface area contributed by atoms with Crippen molar-refractivity contribution in [3.05, 3.63) is 0 Å². The summed E-state index contributed by atoms with van der Waals surface area (Å²) in [6.45, 7) is 1.63. The normalized spacial score (nSPS) is 14.5. The van der Waals surface area contributed by atoms with Crippen molar-refractivity contribution in [2.24, 2.45) is 0 Å². The van der Waals surface area contributed by atoms with E-state index in [9.17, 15) is 13.2 Å². The van der Waals surface area contributed by atoms with E-state index in [1.54, 1.807) is 6.92 Å². The molecule has 0 aromatic heterocycles. The molecule has 0 rings (SSSR count). The van der Waals surface area contributed by atoms with Crippen LogP contribution in [0.25, 0.3) is 0 Å². The van der Waals surface area contributed by atoms with Gasteiger partial charge >= 0.3 is 6.18 Å². The van der Waals surface area contributed by atoms with Crippen molar-refractivity contribution in [3.63, 3.8) is 0 Å². The molecule has 0 aromatic carbocycles. The first-order chi connectivity index (χ1) is 5.92. The quantitative estimate of drug-likeness (QED) is 0.665. The Labute approximate surface area is 75.7 Å². The molecule has 80 valence electrons. The summed E-state index contributed by atoms with van der Waals surface area (Å²) in [4.78, 5) is 0. The number of rotatable bonds is 6. The highest BCUT2D eigenvalue weighted by Crippen LogP contribution is 2.18. The molecule has 0 bridgehead atoms. The number of alkyl halides is 3. The van der Waals surface area contributed by atoms with Crippen LogP contribution in [-0.4, -0.2) is 30.6 Å². The molecule has 0 spiro atoms. The predicted octanol–water partition coefficient (Wildman–Crippen LogP) is 2.12. The summed E-state index contributed by atoms with van der Waals surface area (Å²) in [5.41, 5.74) is 0. The van der Waals surface area contributed by atoms with Gasteiger partial charge in [-0.3, -0.25) is 0 Å². The molecule has 1 atom stereocenters. The summed E-state index contributed by atoms with van der Waals surface area (Å²) < 4.78 is 39.4. The van der Waals surface area contributed by atoms with Crippen LogP contribution >= 0.6 is 0 Å². The second-order valence-corrected chi connectivity index (χ2v) is 2.97. The van der Waals surface area contributed by atoms with E-state index in [-0.39, 0.29) is 13.2 Å². The minimum absolute atomic E-state index is 0.279. The number of aliphatic hydroxyl groups is 1. The van der Waals surface area contributed by atoms with E-state index in [0.29, 0.717) is 12.8 Å². The van der Waals surface area contributed by atoms with Crippen molar-refractivity contribution in [1.29, 1.82) is 0 Å². The molecule has 1 unspecified atom stereocenters. The molecule has 0 saturated heterocycles. The molecule has 0 aromatic rings. The topological polar surface area (TPSA) is 29.5 Å². The lowest BCUT2D eigenvalue weighted by molar-refractivity contribution is -0.145. The van der Waals surface area contributed by atoms with Crippen LogP contribution < -0.4 is 0 Å². The molecule has 0 saturated carbocycles. The van der Waals surface area contributed by atoms with Crippen molar-refractivity contribution >= 4 is 0 Å². The molecule has 0 aliphatic rings. The van der Waals surface area contributed by atoms with Gasteiger partial charge in [0.15, 0.2) is 0 Å². The number of hydrogen-bond donors (Lipinski definition) is 1. The molecule has 5 heteroatoms. The molecular formula is C8H15F3O2. The zero-order chi connectivity index (χ0) is 10.3. The van der Waals surface area contributed by atoms with Gasteiger partial charge in [0, 0.05) is 6.61 Å². The highest BCUT2D eigenvalue weighted by Gasteiger charge is 2.26. The lowest BCUT2D eigenvalue weighted by atomic mass is 10.2. The summed E-state index contributed by atoms with van der Waals surface area (Å²) in [7, 11) is 0. The van der Waals surface area contributed by atoms with Gasteiger partial charge < -0.3 is 9.84 Å². The fraction of sp³-hybridized carbons (Fsp3) is 1.00. The lowest BCUT2D eigenvalue weighted by Gasteiger charge is -2.07. The summed E-state index contributed by atoms with van der Waals surface area (Å²) in [5.74, 6) is 0. The van der Waals surface area contributed by atoms with Gasteiger partial charge in [0.1, 0.15) is 0 Å². The Morgan fingerprint density at radius 3 is 2.38 bits per heavy atom. The molecule has 0 amide bonds. The molecule has 1 N–H and O–H groups in total. The van der Waals surface area contributed by atoms with Gasteiger partial charge in [-0.15, -0.1) is 0 Å². The molecule has 2 nitrogen and oxygen atoms in total. The van der Waals surface area contributed by atoms with Crippen LogP contribution in [0.3, 0.4) is 0 Å². The van der Waals surface area contributed by atoms with E-state index in [4.69, 9.17) is 9.84 Å². The van der Waals surface area contributed by atoms with E-state index >= 15 is 0 Å². The zero-order valence-corrected chi connectivity index (χ0v) is 7.60. The van der Waals surface area contributed by atoms with Crippen LogP contribution in [0.4, 0.5) is 13.2 Å². The largest absolute Gasteiger partial charge is 0.393 e. The third kappa shape index (κ3) is 11.7. The van der Waals surface area contributed by atoms with Crippen LogP contribution in [0.2, 0.25) is 0 Å². The van der Waals surface area contributed by atoms with E-state index < -0.39 is 18.7 Å². The number of hydrogen-bond acceptors (Lipinski definition) is 2. The van der Waals surface area contributed by atoms with Crippen LogP contribution in [-0.2, 0) is 4.74 Å². The first-order valence-electron chi connectivity index (χ1n) is 4.24. The molecule has 0 aliphatic heterocycles. The van der Waals surface area contributed by atoms with Gasteiger partial charge in [-0.05, 0) is 19.8 Å². The van der Waals surface area contributed by atoms with Gasteiger partial charge in [0.25, 0.3) is 0 Å². The maximum absolute atomic E-state index is 11.6. The summed E-state index contributed by atoms with van der Waals surface area (Å²) >= 11 is 0. The monoisotopic (exact) mass is 200 g/mol. The number of ether oxygens (including phenoxy) is 1. The van der Waals surface area contributed by atoms with Crippen LogP contribution in [0, 0.1) is 0 Å². The Hall–Kier alpha value is -0.290. The van der Waals surface area contributed by atoms with Gasteiger partial charge in [-0.25, -0.2) is 0 Å². The van der Waals surface area contributed by atoms with Crippen LogP contribution in [0.15, 0.2) is 0 Å². The number of aliphatic hydroxyl groups excluding tert-OH is 1. The second kappa shape index (κ2) is 6.21. The summed E-state index contributed by atoms with van der Waals surface area (Å²) in [5, 5.41) is 8.80. The van der Waals surface area contributed by atoms with Crippen LogP contribution in [0.5, 0.6) is 0 Å². The smallest absolute Gasteiger partial charge is 0.391 e. The highest BCUT2D eigenvalue weighted by atomic mass is 19.4. The summed E-state index contributed by atoms with van der Waals surface area (Å²) in [6.07, 6.45) is -4.29. The van der Waals surface area contributed by atoms with E-state index in [0.717, 1.165) is 0 Å². The molecule has 0 fully saturated rings. The van der Waals surface area contributed by atoms with Gasteiger partial charge in [-0.2, -0.15) is 13.2 Å². The Balaban J connectivity index is 3.09.